The number of aliphatic hydroxyl groups is 1. The minimum atomic E-state index is -0.693. The van der Waals surface area contributed by atoms with Crippen LogP contribution in [-0.4, -0.2) is 51.7 Å². The number of Topliss-reactive ketones (excluding diaryl/α,β-unsaturated/α-hetero) is 1. The molecule has 0 saturated carbocycles. The van der Waals surface area contributed by atoms with E-state index in [9.17, 15) is 14.7 Å². The molecular formula is C21H25N3O4. The van der Waals surface area contributed by atoms with E-state index < -0.39 is 17.7 Å². The molecule has 1 fully saturated rings. The lowest BCUT2D eigenvalue weighted by molar-refractivity contribution is -0.140. The van der Waals surface area contributed by atoms with Crippen LogP contribution in [0.3, 0.4) is 0 Å². The van der Waals surface area contributed by atoms with Crippen molar-refractivity contribution >= 4 is 17.4 Å². The van der Waals surface area contributed by atoms with Gasteiger partial charge in [-0.1, -0.05) is 29.8 Å². The molecule has 0 spiro atoms. The lowest BCUT2D eigenvalue weighted by Gasteiger charge is -2.25. The maximum absolute atomic E-state index is 12.9. The summed E-state index contributed by atoms with van der Waals surface area (Å²) in [5.41, 5.74) is 3.73. The summed E-state index contributed by atoms with van der Waals surface area (Å²) >= 11 is 0. The number of carbonyl (C=O) groups is 2. The standard InChI is InChI=1S/C21H25N3O4/c1-12-6-8-15(9-7-12)18-17(20(26)21(27)24(18)10-11-28-5)19(25)16-13(2)22-23(4)14(16)3/h6-9,18,25H,10-11H2,1-5H3/b19-17+. The summed E-state index contributed by atoms with van der Waals surface area (Å²) < 4.78 is 6.76. The predicted molar refractivity (Wildman–Crippen MR) is 105 cm³/mol. The number of methoxy groups -OCH3 is 1. The second-order valence-electron chi connectivity index (χ2n) is 7.07. The van der Waals surface area contributed by atoms with Gasteiger partial charge in [-0.2, -0.15) is 5.10 Å². The van der Waals surface area contributed by atoms with Crippen molar-refractivity contribution in [3.8, 4) is 0 Å². The summed E-state index contributed by atoms with van der Waals surface area (Å²) in [6.07, 6.45) is 0. The van der Waals surface area contributed by atoms with Crippen LogP contribution in [0.1, 0.15) is 34.1 Å². The number of aliphatic hydroxyl groups excluding tert-OH is 1. The first-order valence-corrected chi connectivity index (χ1v) is 9.12. The van der Waals surface area contributed by atoms with Gasteiger partial charge in [-0.05, 0) is 26.3 Å². The number of benzene rings is 1. The molecule has 1 N–H and O–H groups in total. The number of ether oxygens (including phenoxy) is 1. The van der Waals surface area contributed by atoms with Crippen molar-refractivity contribution in [1.82, 2.24) is 14.7 Å². The Hall–Kier alpha value is -2.93. The number of aromatic nitrogens is 2. The van der Waals surface area contributed by atoms with E-state index in [0.717, 1.165) is 16.8 Å². The number of hydrogen-bond donors (Lipinski definition) is 1. The monoisotopic (exact) mass is 383 g/mol. The van der Waals surface area contributed by atoms with E-state index in [4.69, 9.17) is 4.74 Å². The number of carbonyl (C=O) groups excluding carboxylic acids is 2. The van der Waals surface area contributed by atoms with Crippen molar-refractivity contribution in [3.63, 3.8) is 0 Å². The van der Waals surface area contributed by atoms with Gasteiger partial charge in [-0.3, -0.25) is 14.3 Å². The zero-order valence-corrected chi connectivity index (χ0v) is 16.8. The molecule has 7 heteroatoms. The van der Waals surface area contributed by atoms with E-state index in [1.54, 1.807) is 25.8 Å². The Balaban J connectivity index is 2.22. The van der Waals surface area contributed by atoms with Gasteiger partial charge in [-0.25, -0.2) is 0 Å². The van der Waals surface area contributed by atoms with Crippen LogP contribution in [0.4, 0.5) is 0 Å². The summed E-state index contributed by atoms with van der Waals surface area (Å²) in [6, 6.07) is 6.93. The number of hydrogen-bond acceptors (Lipinski definition) is 5. The van der Waals surface area contributed by atoms with Gasteiger partial charge in [0.25, 0.3) is 11.7 Å². The Morgan fingerprint density at radius 1 is 1.18 bits per heavy atom. The molecule has 0 bridgehead atoms. The molecule has 1 aromatic carbocycles. The predicted octanol–water partition coefficient (Wildman–Crippen LogP) is 2.41. The van der Waals surface area contributed by atoms with Crippen molar-refractivity contribution < 1.29 is 19.4 Å². The van der Waals surface area contributed by atoms with E-state index in [2.05, 4.69) is 5.10 Å². The van der Waals surface area contributed by atoms with E-state index in [0.29, 0.717) is 17.9 Å². The topological polar surface area (TPSA) is 84.7 Å². The van der Waals surface area contributed by atoms with Crippen molar-refractivity contribution in [3.05, 3.63) is 57.9 Å². The molecular weight excluding hydrogens is 358 g/mol. The molecule has 2 heterocycles. The number of amides is 1. The highest BCUT2D eigenvalue weighted by Crippen LogP contribution is 2.40. The molecule has 7 nitrogen and oxygen atoms in total. The van der Waals surface area contributed by atoms with Gasteiger partial charge in [0.2, 0.25) is 0 Å². The molecule has 2 aromatic rings. The zero-order valence-electron chi connectivity index (χ0n) is 16.8. The molecule has 1 aliphatic rings. The van der Waals surface area contributed by atoms with Gasteiger partial charge >= 0.3 is 0 Å². The van der Waals surface area contributed by atoms with Crippen molar-refractivity contribution in [1.29, 1.82) is 0 Å². The maximum Gasteiger partial charge on any atom is 0.295 e. The van der Waals surface area contributed by atoms with Crippen molar-refractivity contribution in [2.75, 3.05) is 20.3 Å². The number of aryl methyl sites for hydroxylation is 3. The minimum absolute atomic E-state index is 0.0872. The van der Waals surface area contributed by atoms with Gasteiger partial charge in [0.1, 0.15) is 5.76 Å². The fraction of sp³-hybridized carbons (Fsp3) is 0.381. The Morgan fingerprint density at radius 3 is 2.36 bits per heavy atom. The average molecular weight is 383 g/mol. The maximum atomic E-state index is 12.9. The van der Waals surface area contributed by atoms with E-state index >= 15 is 0 Å². The first-order valence-electron chi connectivity index (χ1n) is 9.12. The fourth-order valence-corrected chi connectivity index (χ4v) is 3.65. The summed E-state index contributed by atoms with van der Waals surface area (Å²) in [5.74, 6) is -1.52. The first-order chi connectivity index (χ1) is 13.3. The summed E-state index contributed by atoms with van der Waals surface area (Å²) in [6.45, 7) is 6.09. The molecule has 28 heavy (non-hydrogen) atoms. The molecule has 3 rings (SSSR count). The van der Waals surface area contributed by atoms with Crippen LogP contribution in [0.15, 0.2) is 29.8 Å². The largest absolute Gasteiger partial charge is 0.507 e. The smallest absolute Gasteiger partial charge is 0.295 e. The van der Waals surface area contributed by atoms with Crippen LogP contribution >= 0.6 is 0 Å². The van der Waals surface area contributed by atoms with Gasteiger partial charge in [0, 0.05) is 26.4 Å². The van der Waals surface area contributed by atoms with E-state index in [-0.39, 0.29) is 17.9 Å². The second-order valence-corrected chi connectivity index (χ2v) is 7.07. The van der Waals surface area contributed by atoms with Crippen LogP contribution in [0.2, 0.25) is 0 Å². The molecule has 1 unspecified atom stereocenters. The Labute approximate surface area is 164 Å². The third-order valence-electron chi connectivity index (χ3n) is 5.22. The SMILES string of the molecule is COCCN1C(=O)C(=O)/C(=C(/O)c2c(C)nn(C)c2C)C1c1ccc(C)cc1. The quantitative estimate of drug-likeness (QED) is 0.487. The van der Waals surface area contributed by atoms with Crippen LogP contribution in [0.5, 0.6) is 0 Å². The van der Waals surface area contributed by atoms with Gasteiger partial charge in [0.05, 0.1) is 29.5 Å². The number of likely N-dealkylation sites (tertiary alicyclic amines) is 1. The third-order valence-corrected chi connectivity index (χ3v) is 5.22. The Morgan fingerprint density at radius 2 is 1.82 bits per heavy atom. The highest BCUT2D eigenvalue weighted by molar-refractivity contribution is 6.46. The second kappa shape index (κ2) is 7.59. The molecule has 1 aromatic heterocycles. The summed E-state index contributed by atoms with van der Waals surface area (Å²) in [5, 5.41) is 15.4. The normalized spacial score (nSPS) is 18.9. The molecule has 1 atom stereocenters. The van der Waals surface area contributed by atoms with Gasteiger partial charge in [-0.15, -0.1) is 0 Å². The number of nitrogens with zero attached hydrogens (tertiary/aromatic N) is 3. The lowest BCUT2D eigenvalue weighted by atomic mass is 9.94. The van der Waals surface area contributed by atoms with Crippen LogP contribution in [-0.2, 0) is 21.4 Å². The number of rotatable bonds is 5. The molecule has 0 aliphatic carbocycles. The Kier molecular flexibility index (Phi) is 5.38. The summed E-state index contributed by atoms with van der Waals surface area (Å²) in [4.78, 5) is 27.1. The summed E-state index contributed by atoms with van der Waals surface area (Å²) in [7, 11) is 3.31. The zero-order chi connectivity index (χ0) is 20.6. The highest BCUT2D eigenvalue weighted by Gasteiger charge is 2.46. The minimum Gasteiger partial charge on any atom is -0.507 e. The van der Waals surface area contributed by atoms with Crippen molar-refractivity contribution in [2.24, 2.45) is 7.05 Å². The van der Waals surface area contributed by atoms with Crippen LogP contribution < -0.4 is 0 Å². The van der Waals surface area contributed by atoms with Crippen LogP contribution in [0, 0.1) is 20.8 Å². The lowest BCUT2D eigenvalue weighted by Crippen LogP contribution is -2.32. The van der Waals surface area contributed by atoms with Crippen molar-refractivity contribution in [2.45, 2.75) is 26.8 Å². The van der Waals surface area contributed by atoms with E-state index in [1.165, 1.54) is 4.90 Å². The van der Waals surface area contributed by atoms with Crippen LogP contribution in [0.25, 0.3) is 5.76 Å². The molecule has 1 aliphatic heterocycles. The highest BCUT2D eigenvalue weighted by atomic mass is 16.5. The fourth-order valence-electron chi connectivity index (χ4n) is 3.65. The van der Waals surface area contributed by atoms with Gasteiger partial charge < -0.3 is 14.7 Å². The molecule has 1 amide bonds. The molecule has 148 valence electrons. The third kappa shape index (κ3) is 3.22. The average Bonchev–Trinajstić information content (AvgIpc) is 3.06. The molecule has 1 saturated heterocycles. The van der Waals surface area contributed by atoms with E-state index in [1.807, 2.05) is 38.1 Å². The van der Waals surface area contributed by atoms with Gasteiger partial charge in [0.15, 0.2) is 0 Å². The Bertz CT molecular complexity index is 957. The first kappa shape index (κ1) is 19.8. The number of ketones is 1. The molecule has 0 radical (unpaired) electrons.